The Morgan fingerprint density at radius 1 is 1.23 bits per heavy atom. The van der Waals surface area contributed by atoms with Crippen molar-refractivity contribution in [3.8, 4) is 0 Å². The second kappa shape index (κ2) is 4.84. The zero-order valence-electron chi connectivity index (χ0n) is 7.53. The molecule has 0 aromatic rings. The molecule has 0 heterocycles. The fourth-order valence-corrected chi connectivity index (χ4v) is 1.05. The van der Waals surface area contributed by atoms with Gasteiger partial charge in [0.2, 0.25) is 10.0 Å². The van der Waals surface area contributed by atoms with Crippen molar-refractivity contribution >= 4 is 17.9 Å². The predicted octanol–water partition coefficient (Wildman–Crippen LogP) is 0.0478. The second-order valence-corrected chi connectivity index (χ2v) is 3.99. The van der Waals surface area contributed by atoms with Crippen molar-refractivity contribution in [3.63, 3.8) is 0 Å². The molecular weight excluding hydrogens is 185 g/mol. The molecule has 3 nitrogen and oxygen atoms in total. The maximum Gasteiger partial charge on any atom is 0.238 e. The van der Waals surface area contributed by atoms with Gasteiger partial charge in [-0.15, -0.1) is 0 Å². The molecule has 0 aliphatic carbocycles. The standard InChI is InChI=1S/C8H12BNO2S/c1-3-7(9)5-6-8(4-2)13(10,11)12/h3-6H,1-2,9H2,(H2,10,11,12)/b7-5+,8-6+. The van der Waals surface area contributed by atoms with Gasteiger partial charge in [0, 0.05) is 0 Å². The van der Waals surface area contributed by atoms with Crippen LogP contribution in [0.2, 0.25) is 0 Å². The molecule has 0 aliphatic rings. The summed E-state index contributed by atoms with van der Waals surface area (Å²) in [6.07, 6.45) is 5.80. The maximum absolute atomic E-state index is 10.8. The molecule has 13 heavy (non-hydrogen) atoms. The molecule has 0 unspecified atom stereocenters. The number of nitrogens with two attached hydrogens (primary N) is 1. The van der Waals surface area contributed by atoms with Gasteiger partial charge in [-0.05, 0) is 12.2 Å². The molecule has 0 spiro atoms. The van der Waals surface area contributed by atoms with Gasteiger partial charge in [-0.1, -0.05) is 30.8 Å². The normalized spacial score (nSPS) is 13.9. The second-order valence-electron chi connectivity index (χ2n) is 2.43. The van der Waals surface area contributed by atoms with Crippen LogP contribution in [0.3, 0.4) is 0 Å². The van der Waals surface area contributed by atoms with Crippen molar-refractivity contribution in [3.05, 3.63) is 47.8 Å². The molecule has 5 heteroatoms. The summed E-state index contributed by atoms with van der Waals surface area (Å²) in [5.74, 6) is 0. The molecule has 0 aromatic heterocycles. The van der Waals surface area contributed by atoms with Crippen molar-refractivity contribution in [1.82, 2.24) is 0 Å². The summed E-state index contributed by atoms with van der Waals surface area (Å²) in [4.78, 5) is -0.00583. The quantitative estimate of drug-likeness (QED) is 0.511. The van der Waals surface area contributed by atoms with Gasteiger partial charge in [-0.2, -0.15) is 0 Å². The summed E-state index contributed by atoms with van der Waals surface area (Å²) in [7, 11) is -1.86. The minimum atomic E-state index is -3.65. The fourth-order valence-electron chi connectivity index (χ4n) is 0.561. The highest BCUT2D eigenvalue weighted by Gasteiger charge is 2.05. The maximum atomic E-state index is 10.8. The van der Waals surface area contributed by atoms with Crippen LogP contribution >= 0.6 is 0 Å². The highest BCUT2D eigenvalue weighted by molar-refractivity contribution is 7.93. The summed E-state index contributed by atoms with van der Waals surface area (Å²) in [6, 6.07) is 0. The smallest absolute Gasteiger partial charge is 0.225 e. The van der Waals surface area contributed by atoms with Gasteiger partial charge in [0.1, 0.15) is 7.85 Å². The van der Waals surface area contributed by atoms with Gasteiger partial charge in [-0.25, -0.2) is 13.6 Å². The Balaban J connectivity index is 5.02. The largest absolute Gasteiger partial charge is 0.238 e. The molecule has 70 valence electrons. The SMILES string of the molecule is B/C(C=C)=C/C=C(\C=C)S(N)(=O)=O. The van der Waals surface area contributed by atoms with Crippen LogP contribution in [0, 0.1) is 0 Å². The third-order valence-corrected chi connectivity index (χ3v) is 2.32. The molecule has 0 fully saturated rings. The Morgan fingerprint density at radius 3 is 2.08 bits per heavy atom. The molecule has 2 N–H and O–H groups in total. The lowest BCUT2D eigenvalue weighted by Gasteiger charge is -1.95. The summed E-state index contributed by atoms with van der Waals surface area (Å²) >= 11 is 0. The van der Waals surface area contributed by atoms with Crippen LogP contribution in [0.15, 0.2) is 47.8 Å². The highest BCUT2D eigenvalue weighted by atomic mass is 32.2. The first-order valence-corrected chi connectivity index (χ1v) is 5.12. The van der Waals surface area contributed by atoms with E-state index >= 15 is 0 Å². The molecule has 0 aromatic carbocycles. The number of primary sulfonamides is 1. The minimum Gasteiger partial charge on any atom is -0.225 e. The Morgan fingerprint density at radius 2 is 1.77 bits per heavy atom. The average Bonchev–Trinajstić information content (AvgIpc) is 2.02. The lowest BCUT2D eigenvalue weighted by atomic mass is 9.96. The molecule has 0 saturated carbocycles. The van der Waals surface area contributed by atoms with E-state index in [1.54, 1.807) is 20.0 Å². The molecular formula is C8H12BNO2S. The molecule has 0 rings (SSSR count). The van der Waals surface area contributed by atoms with Gasteiger partial charge in [0.25, 0.3) is 0 Å². The predicted molar refractivity (Wildman–Crippen MR) is 58.2 cm³/mol. The van der Waals surface area contributed by atoms with Gasteiger partial charge in [0.15, 0.2) is 0 Å². The number of sulfonamides is 1. The van der Waals surface area contributed by atoms with E-state index in [1.165, 1.54) is 12.2 Å². The summed E-state index contributed by atoms with van der Waals surface area (Å²) in [6.45, 7) is 6.87. The topological polar surface area (TPSA) is 60.2 Å². The van der Waals surface area contributed by atoms with E-state index in [-0.39, 0.29) is 4.91 Å². The van der Waals surface area contributed by atoms with Crippen molar-refractivity contribution in [2.24, 2.45) is 5.14 Å². The zero-order valence-corrected chi connectivity index (χ0v) is 8.34. The van der Waals surface area contributed by atoms with E-state index in [0.717, 1.165) is 5.47 Å². The van der Waals surface area contributed by atoms with Crippen LogP contribution in [-0.4, -0.2) is 16.3 Å². The molecule has 0 amide bonds. The first-order chi connectivity index (χ1) is 5.91. The van der Waals surface area contributed by atoms with E-state index in [9.17, 15) is 8.42 Å². The Hall–Kier alpha value is -1.07. The number of allylic oxidation sites excluding steroid dienone is 5. The molecule has 0 radical (unpaired) electrons. The van der Waals surface area contributed by atoms with Gasteiger partial charge in [-0.3, -0.25) is 0 Å². The van der Waals surface area contributed by atoms with Crippen LogP contribution in [-0.2, 0) is 10.0 Å². The highest BCUT2D eigenvalue weighted by Crippen LogP contribution is 2.03. The molecule has 0 atom stereocenters. The van der Waals surface area contributed by atoms with Gasteiger partial charge in [0.05, 0.1) is 4.91 Å². The first-order valence-electron chi connectivity index (χ1n) is 3.58. The van der Waals surface area contributed by atoms with Crippen molar-refractivity contribution in [2.45, 2.75) is 0 Å². The van der Waals surface area contributed by atoms with Crippen LogP contribution in [0.4, 0.5) is 0 Å². The summed E-state index contributed by atoms with van der Waals surface area (Å²) < 4.78 is 21.7. The summed E-state index contributed by atoms with van der Waals surface area (Å²) in [5, 5.41) is 4.90. The Bertz CT molecular complexity index is 366. The van der Waals surface area contributed by atoms with E-state index in [2.05, 4.69) is 13.2 Å². The van der Waals surface area contributed by atoms with E-state index < -0.39 is 10.0 Å². The Labute approximate surface area is 79.8 Å². The van der Waals surface area contributed by atoms with Gasteiger partial charge >= 0.3 is 0 Å². The van der Waals surface area contributed by atoms with Gasteiger partial charge < -0.3 is 0 Å². The third-order valence-electron chi connectivity index (χ3n) is 1.36. The van der Waals surface area contributed by atoms with Crippen molar-refractivity contribution in [1.29, 1.82) is 0 Å². The van der Waals surface area contributed by atoms with E-state index in [4.69, 9.17) is 5.14 Å². The monoisotopic (exact) mass is 197 g/mol. The Kier molecular flexibility index (Phi) is 4.44. The van der Waals surface area contributed by atoms with Crippen LogP contribution in [0.5, 0.6) is 0 Å². The molecule has 0 bridgehead atoms. The summed E-state index contributed by atoms with van der Waals surface area (Å²) in [5.41, 5.74) is 0.850. The first kappa shape index (κ1) is 11.9. The van der Waals surface area contributed by atoms with Crippen LogP contribution in [0.25, 0.3) is 0 Å². The van der Waals surface area contributed by atoms with E-state index in [1.807, 2.05) is 0 Å². The van der Waals surface area contributed by atoms with Crippen LogP contribution < -0.4 is 5.14 Å². The van der Waals surface area contributed by atoms with E-state index in [0.29, 0.717) is 0 Å². The number of hydrogen-bond acceptors (Lipinski definition) is 2. The zero-order chi connectivity index (χ0) is 10.5. The van der Waals surface area contributed by atoms with Crippen LogP contribution in [0.1, 0.15) is 0 Å². The molecule has 0 aliphatic heterocycles. The van der Waals surface area contributed by atoms with Crippen molar-refractivity contribution < 1.29 is 8.42 Å². The third kappa shape index (κ3) is 4.50. The number of hydrogen-bond donors (Lipinski definition) is 1. The fraction of sp³-hybridized carbons (Fsp3) is 0. The lowest BCUT2D eigenvalue weighted by molar-refractivity contribution is 0.604. The average molecular weight is 197 g/mol. The molecule has 0 saturated heterocycles. The van der Waals surface area contributed by atoms with Crippen molar-refractivity contribution in [2.75, 3.05) is 0 Å². The lowest BCUT2D eigenvalue weighted by Crippen LogP contribution is -2.12. The number of rotatable bonds is 4. The minimum absolute atomic E-state index is 0.00583.